The van der Waals surface area contributed by atoms with Gasteiger partial charge in [-0.3, -0.25) is 14.4 Å². The van der Waals surface area contributed by atoms with Crippen molar-refractivity contribution in [2.24, 2.45) is 0 Å². The summed E-state index contributed by atoms with van der Waals surface area (Å²) < 4.78 is -0.218. The van der Waals surface area contributed by atoms with Crippen LogP contribution in [-0.4, -0.2) is 67.5 Å². The summed E-state index contributed by atoms with van der Waals surface area (Å²) in [4.78, 5) is 40.1. The molecule has 3 heterocycles. The third kappa shape index (κ3) is 12.4. The van der Waals surface area contributed by atoms with E-state index in [0.29, 0.717) is 28.2 Å². The molecule has 302 valence electrons. The molecule has 4 nitrogen and oxygen atoms in total. The predicted octanol–water partition coefficient (Wildman–Crippen LogP) is 11.2. The minimum atomic E-state index is -0.218. The molecule has 0 bridgehead atoms. The maximum Gasteiger partial charge on any atom is 0.219 e. The number of benzene rings is 5. The van der Waals surface area contributed by atoms with Crippen LogP contribution in [0.4, 0.5) is 0 Å². The molecule has 3 aliphatic heterocycles. The second-order valence-electron chi connectivity index (χ2n) is 15.4. The van der Waals surface area contributed by atoms with Gasteiger partial charge in [0.25, 0.3) is 0 Å². The number of hydrogen-bond acceptors (Lipinski definition) is 5. The summed E-state index contributed by atoms with van der Waals surface area (Å²) in [6.45, 7) is 4.27. The van der Waals surface area contributed by atoms with E-state index in [1.165, 1.54) is 88.4 Å². The molecular weight excluding hydrogens is 793 g/mol. The van der Waals surface area contributed by atoms with Gasteiger partial charge in [-0.15, -0.1) is 0 Å². The Morgan fingerprint density at radius 2 is 1.05 bits per heavy atom. The van der Waals surface area contributed by atoms with Crippen molar-refractivity contribution in [3.63, 3.8) is 0 Å². The minimum absolute atomic E-state index is 0.0566. The number of carbonyl (C=O) groups excluding carboxylic acids is 3. The van der Waals surface area contributed by atoms with Crippen molar-refractivity contribution in [3.05, 3.63) is 162 Å². The van der Waals surface area contributed by atoms with E-state index >= 15 is 0 Å². The monoisotopic (exact) mass is 849 g/mol. The predicted molar refractivity (Wildman–Crippen MR) is 252 cm³/mol. The first-order valence-electron chi connectivity index (χ1n) is 20.5. The summed E-state index contributed by atoms with van der Waals surface area (Å²) in [6, 6.07) is 45.1. The zero-order valence-electron chi connectivity index (χ0n) is 33.9. The maximum atomic E-state index is 12.9. The van der Waals surface area contributed by atoms with E-state index in [4.69, 9.17) is 5.11 Å². The molecule has 8 heteroatoms. The third-order valence-electron chi connectivity index (χ3n) is 10.8. The number of rotatable bonds is 12. The van der Waals surface area contributed by atoms with Gasteiger partial charge in [0.1, 0.15) is 40.3 Å². The zero-order chi connectivity index (χ0) is 40.7. The highest BCUT2D eigenvalue weighted by Gasteiger charge is 2.47. The molecule has 1 atom stereocenters. The molecule has 0 amide bonds. The Morgan fingerprint density at radius 3 is 1.64 bits per heavy atom. The maximum absolute atomic E-state index is 12.9. The van der Waals surface area contributed by atoms with Gasteiger partial charge in [-0.1, -0.05) is 103 Å². The van der Waals surface area contributed by atoms with Crippen LogP contribution in [-0.2, 0) is 32.7 Å². The summed E-state index contributed by atoms with van der Waals surface area (Å²) in [5.41, 5.74) is 3.62. The molecule has 0 saturated carbocycles. The molecule has 58 heavy (non-hydrogen) atoms. The summed E-state index contributed by atoms with van der Waals surface area (Å²) in [5.74, 6) is 9.05. The molecule has 0 aromatic heterocycles. The highest BCUT2D eigenvalue weighted by molar-refractivity contribution is 7.99. The zero-order valence-corrected chi connectivity index (χ0v) is 37.1. The molecule has 3 aliphatic rings. The Labute approximate surface area is 359 Å². The number of carbonyl (C=O) groups is 3. The molecule has 5 aromatic rings. The lowest BCUT2D eigenvalue weighted by molar-refractivity contribution is 0.0954. The fourth-order valence-corrected chi connectivity index (χ4v) is 16.1. The third-order valence-corrected chi connectivity index (χ3v) is 20.2. The van der Waals surface area contributed by atoms with Crippen molar-refractivity contribution < 1.29 is 19.5 Å². The van der Waals surface area contributed by atoms with E-state index in [1.54, 1.807) is 36.0 Å². The first kappa shape index (κ1) is 43.9. The largest absolute Gasteiger partial charge is 0.508 e. The molecule has 5 aromatic carbocycles. The highest BCUT2D eigenvalue weighted by atomic mass is 32.2. The van der Waals surface area contributed by atoms with E-state index < -0.39 is 0 Å². The van der Waals surface area contributed by atoms with Crippen LogP contribution < -0.4 is 0 Å². The van der Waals surface area contributed by atoms with Crippen molar-refractivity contribution in [1.29, 1.82) is 0 Å². The minimum Gasteiger partial charge on any atom is -0.508 e. The number of hydrogen-bond donors (Lipinski definition) is 1. The summed E-state index contributed by atoms with van der Waals surface area (Å²) in [5, 5.41) is 9.17. The summed E-state index contributed by atoms with van der Waals surface area (Å²) in [7, 11) is 0.769. The molecule has 1 N–H and O–H groups in total. The van der Waals surface area contributed by atoms with Crippen LogP contribution in [0.25, 0.3) is 0 Å². The average molecular weight is 850 g/mol. The van der Waals surface area contributed by atoms with Crippen LogP contribution in [0, 0.1) is 0 Å². The van der Waals surface area contributed by atoms with Crippen molar-refractivity contribution in [2.45, 2.75) is 72.2 Å². The number of phenols is 1. The van der Waals surface area contributed by atoms with Gasteiger partial charge in [-0.25, -0.2) is 0 Å². The van der Waals surface area contributed by atoms with Crippen molar-refractivity contribution in [1.82, 2.24) is 0 Å². The number of phenolic OH excluding ortho intramolecular Hbond substituents is 1. The van der Waals surface area contributed by atoms with Crippen LogP contribution in [0.1, 0.15) is 94.3 Å². The van der Waals surface area contributed by atoms with E-state index in [9.17, 15) is 14.4 Å². The molecule has 0 radical (unpaired) electrons. The van der Waals surface area contributed by atoms with Gasteiger partial charge in [0, 0.05) is 53.8 Å². The molecule has 3 fully saturated rings. The van der Waals surface area contributed by atoms with E-state index in [-0.39, 0.29) is 43.3 Å². The van der Waals surface area contributed by atoms with Gasteiger partial charge in [-0.05, 0) is 112 Å². The van der Waals surface area contributed by atoms with Gasteiger partial charge in [0.2, 0.25) is 22.6 Å². The quantitative estimate of drug-likeness (QED) is 0.100. The van der Waals surface area contributed by atoms with Crippen LogP contribution in [0.2, 0.25) is 0 Å². The lowest BCUT2D eigenvalue weighted by Gasteiger charge is -2.21. The SMILES string of the molecule is CC(C)(C(=O)c1ccc(Sc2ccccc2)cc1)[S+]1CCCC1.O=C(C[S+]1CCCC1)c1ccc(O)cc1.O=C(c1ccccc1)C(c1ccccc1)[S+]1CCCC1. The smallest absolute Gasteiger partial charge is 0.219 e. The first-order chi connectivity index (χ1) is 28.2. The topological polar surface area (TPSA) is 71.4 Å². The van der Waals surface area contributed by atoms with Crippen LogP contribution >= 0.6 is 11.8 Å². The molecule has 0 aliphatic carbocycles. The number of aromatic hydroxyl groups is 1. The average Bonchev–Trinajstić information content (AvgIpc) is 4.09. The van der Waals surface area contributed by atoms with Gasteiger partial charge < -0.3 is 5.11 Å². The number of ketones is 3. The van der Waals surface area contributed by atoms with Crippen LogP contribution in [0.5, 0.6) is 5.75 Å². The van der Waals surface area contributed by atoms with Crippen LogP contribution in [0.15, 0.2) is 149 Å². The lowest BCUT2D eigenvalue weighted by Crippen LogP contribution is -2.41. The molecule has 1 unspecified atom stereocenters. The fraction of sp³-hybridized carbons (Fsp3) is 0.340. The number of Topliss-reactive ketones (excluding diaryl/α,β-unsaturated/α-hetero) is 3. The van der Waals surface area contributed by atoms with Gasteiger partial charge in [-0.2, -0.15) is 0 Å². The van der Waals surface area contributed by atoms with Crippen molar-refractivity contribution >= 4 is 61.8 Å². The Hall–Kier alpha value is -3.69. The molecule has 0 spiro atoms. The Morgan fingerprint density at radius 1 is 0.569 bits per heavy atom. The normalized spacial score (nSPS) is 16.4. The van der Waals surface area contributed by atoms with E-state index in [0.717, 1.165) is 16.7 Å². The Kier molecular flexibility index (Phi) is 16.7. The van der Waals surface area contributed by atoms with Gasteiger partial charge in [0.05, 0.1) is 0 Å². The van der Waals surface area contributed by atoms with Crippen molar-refractivity contribution in [2.75, 3.05) is 40.3 Å². The van der Waals surface area contributed by atoms with Crippen LogP contribution in [0.3, 0.4) is 0 Å². The Balaban J connectivity index is 0.000000150. The summed E-state index contributed by atoms with van der Waals surface area (Å²) >= 11 is 1.73. The molecular formula is C50H57O4S4+3. The molecule has 3 saturated heterocycles. The van der Waals surface area contributed by atoms with E-state index in [2.05, 4.69) is 50.2 Å². The Bertz CT molecular complexity index is 2020. The van der Waals surface area contributed by atoms with E-state index in [1.807, 2.05) is 78.9 Å². The standard InChI is InChI=1S/C20H23OS2.C18H19OS.C12H14O2S/c1-20(2,23-14-6-7-15-23)19(21)16-10-12-18(13-11-16)22-17-8-4-3-5-9-17;19-17(15-9-3-1-4-10-15)18(20-13-7-8-14-20)16-11-5-2-6-12-16;13-11-5-3-10(4-6-11)12(14)9-15-7-1-2-8-15/h3-5,8-13H,6-7,14-15H2,1-2H3;1-6,9-12,18H,7-8,13-14H2;3-6H,1-2,7-9H2/q2*+1;/p+1. The summed E-state index contributed by atoms with van der Waals surface area (Å²) in [6.07, 6.45) is 7.68. The molecule has 8 rings (SSSR count). The second kappa shape index (κ2) is 22.1. The lowest BCUT2D eigenvalue weighted by atomic mass is 10.0. The van der Waals surface area contributed by atoms with Crippen molar-refractivity contribution in [3.8, 4) is 5.75 Å². The van der Waals surface area contributed by atoms with Gasteiger partial charge in [0.15, 0.2) is 10.5 Å². The van der Waals surface area contributed by atoms with Gasteiger partial charge >= 0.3 is 0 Å². The highest BCUT2D eigenvalue weighted by Crippen LogP contribution is 2.34. The second-order valence-corrected chi connectivity index (χ2v) is 24.1. The first-order valence-corrected chi connectivity index (χ1v) is 26.2. The fourth-order valence-electron chi connectivity index (χ4n) is 7.51.